The van der Waals surface area contributed by atoms with E-state index in [1.165, 1.54) is 0 Å². The van der Waals surface area contributed by atoms with Crippen LogP contribution in [-0.2, 0) is 4.74 Å². The van der Waals surface area contributed by atoms with Crippen LogP contribution in [0.1, 0.15) is 48.5 Å². The Balaban J connectivity index is 2.10. The number of ketones is 1. The second-order valence-electron chi connectivity index (χ2n) is 6.07. The Morgan fingerprint density at radius 1 is 0.783 bits per heavy atom. The molecule has 0 N–H and O–H groups in total. The van der Waals surface area contributed by atoms with E-state index in [9.17, 15) is 9.59 Å². The Kier molecular flexibility index (Phi) is 4.99. The zero-order valence-corrected chi connectivity index (χ0v) is 14.3. The van der Waals surface area contributed by atoms with Crippen molar-refractivity contribution in [1.29, 1.82) is 0 Å². The van der Waals surface area contributed by atoms with E-state index < -0.39 is 5.97 Å². The Hall–Kier alpha value is -2.42. The molecule has 0 radical (unpaired) electrons. The largest absolute Gasteiger partial charge is 0.454 e. The van der Waals surface area contributed by atoms with Crippen LogP contribution >= 0.6 is 0 Å². The SMILES string of the molecule is Cc1ccc(C(=O)OCC(=O)c2cc(C)c(C)cc2C)c(C)c1. The summed E-state index contributed by atoms with van der Waals surface area (Å²) in [5, 5.41) is 0. The molecule has 0 heterocycles. The van der Waals surface area contributed by atoms with Crippen molar-refractivity contribution in [1.82, 2.24) is 0 Å². The molecule has 0 bridgehead atoms. The molecule has 0 saturated carbocycles. The van der Waals surface area contributed by atoms with Crippen molar-refractivity contribution in [2.24, 2.45) is 0 Å². The summed E-state index contributed by atoms with van der Waals surface area (Å²) in [6.07, 6.45) is 0. The Labute approximate surface area is 137 Å². The summed E-state index contributed by atoms with van der Waals surface area (Å²) < 4.78 is 5.20. The van der Waals surface area contributed by atoms with Crippen LogP contribution < -0.4 is 0 Å². The molecule has 23 heavy (non-hydrogen) atoms. The molecule has 0 aliphatic rings. The van der Waals surface area contributed by atoms with Crippen LogP contribution in [0.25, 0.3) is 0 Å². The summed E-state index contributed by atoms with van der Waals surface area (Å²) in [5.74, 6) is -0.638. The van der Waals surface area contributed by atoms with Crippen molar-refractivity contribution >= 4 is 11.8 Å². The minimum absolute atomic E-state index is 0.177. The number of esters is 1. The van der Waals surface area contributed by atoms with Crippen LogP contribution in [0.3, 0.4) is 0 Å². The lowest BCUT2D eigenvalue weighted by atomic mass is 9.98. The Morgan fingerprint density at radius 2 is 1.39 bits per heavy atom. The summed E-state index contributed by atoms with van der Waals surface area (Å²) in [5.41, 5.74) is 6.15. The van der Waals surface area contributed by atoms with Gasteiger partial charge in [0, 0.05) is 5.56 Å². The van der Waals surface area contributed by atoms with E-state index in [0.29, 0.717) is 11.1 Å². The van der Waals surface area contributed by atoms with Crippen LogP contribution in [0.15, 0.2) is 30.3 Å². The van der Waals surface area contributed by atoms with E-state index in [-0.39, 0.29) is 12.4 Å². The predicted molar refractivity (Wildman–Crippen MR) is 91.2 cm³/mol. The number of rotatable bonds is 4. The van der Waals surface area contributed by atoms with E-state index in [0.717, 1.165) is 27.8 Å². The van der Waals surface area contributed by atoms with Gasteiger partial charge in [-0.25, -0.2) is 4.79 Å². The lowest BCUT2D eigenvalue weighted by molar-refractivity contribution is 0.0474. The maximum absolute atomic E-state index is 12.3. The average Bonchev–Trinajstić information content (AvgIpc) is 2.48. The highest BCUT2D eigenvalue weighted by molar-refractivity contribution is 6.00. The van der Waals surface area contributed by atoms with Crippen LogP contribution in [0, 0.1) is 34.6 Å². The zero-order chi connectivity index (χ0) is 17.1. The Morgan fingerprint density at radius 3 is 2.04 bits per heavy atom. The van der Waals surface area contributed by atoms with Gasteiger partial charge in [0.1, 0.15) is 0 Å². The number of hydrogen-bond donors (Lipinski definition) is 0. The van der Waals surface area contributed by atoms with Gasteiger partial charge in [-0.2, -0.15) is 0 Å². The van der Waals surface area contributed by atoms with Crippen molar-refractivity contribution < 1.29 is 14.3 Å². The molecule has 0 spiro atoms. The Bertz CT molecular complexity index is 773. The van der Waals surface area contributed by atoms with E-state index in [2.05, 4.69) is 0 Å². The van der Waals surface area contributed by atoms with Crippen molar-refractivity contribution in [3.63, 3.8) is 0 Å². The summed E-state index contributed by atoms with van der Waals surface area (Å²) in [7, 11) is 0. The summed E-state index contributed by atoms with van der Waals surface area (Å²) in [4.78, 5) is 24.5. The molecule has 2 aromatic carbocycles. The minimum atomic E-state index is -0.461. The summed E-state index contributed by atoms with van der Waals surface area (Å²) >= 11 is 0. The van der Waals surface area contributed by atoms with Gasteiger partial charge in [0.2, 0.25) is 5.78 Å². The number of ether oxygens (including phenoxy) is 1. The highest BCUT2D eigenvalue weighted by Crippen LogP contribution is 2.17. The number of benzene rings is 2. The number of carbonyl (C=O) groups is 2. The molecule has 120 valence electrons. The molecule has 0 aliphatic heterocycles. The van der Waals surface area contributed by atoms with Gasteiger partial charge in [-0.05, 0) is 69.0 Å². The molecular weight excluding hydrogens is 288 g/mol. The van der Waals surface area contributed by atoms with E-state index in [1.807, 2.05) is 58.9 Å². The van der Waals surface area contributed by atoms with Gasteiger partial charge in [-0.3, -0.25) is 4.79 Å². The fraction of sp³-hybridized carbons (Fsp3) is 0.300. The quantitative estimate of drug-likeness (QED) is 0.625. The fourth-order valence-corrected chi connectivity index (χ4v) is 2.59. The number of carbonyl (C=O) groups excluding carboxylic acids is 2. The highest BCUT2D eigenvalue weighted by Gasteiger charge is 2.15. The third-order valence-electron chi connectivity index (χ3n) is 4.08. The third-order valence-corrected chi connectivity index (χ3v) is 4.08. The van der Waals surface area contributed by atoms with Gasteiger partial charge in [-0.15, -0.1) is 0 Å². The summed E-state index contributed by atoms with van der Waals surface area (Å²) in [6.45, 7) is 9.46. The standard InChI is InChI=1S/C20H22O3/c1-12-6-7-17(15(4)8-12)20(22)23-11-19(21)18-10-14(3)13(2)9-16(18)5/h6-10H,11H2,1-5H3. The molecule has 3 heteroatoms. The zero-order valence-electron chi connectivity index (χ0n) is 14.3. The maximum Gasteiger partial charge on any atom is 0.338 e. The molecule has 2 aromatic rings. The fourth-order valence-electron chi connectivity index (χ4n) is 2.59. The third kappa shape index (κ3) is 3.86. The first-order chi connectivity index (χ1) is 10.8. The minimum Gasteiger partial charge on any atom is -0.454 e. The molecule has 0 aromatic heterocycles. The van der Waals surface area contributed by atoms with Crippen LogP contribution in [0.5, 0.6) is 0 Å². The molecule has 0 amide bonds. The number of aryl methyl sites for hydroxylation is 5. The highest BCUT2D eigenvalue weighted by atomic mass is 16.5. The van der Waals surface area contributed by atoms with Gasteiger partial charge in [0.25, 0.3) is 0 Å². The van der Waals surface area contributed by atoms with Crippen molar-refractivity contribution in [3.8, 4) is 0 Å². The first-order valence-corrected chi connectivity index (χ1v) is 7.65. The van der Waals surface area contributed by atoms with E-state index in [4.69, 9.17) is 4.74 Å². The lowest BCUT2D eigenvalue weighted by Gasteiger charge is -2.10. The molecule has 3 nitrogen and oxygen atoms in total. The van der Waals surface area contributed by atoms with Crippen molar-refractivity contribution in [2.75, 3.05) is 6.61 Å². The first kappa shape index (κ1) is 16.9. The molecular formula is C20H22O3. The second kappa shape index (κ2) is 6.78. The molecule has 0 saturated heterocycles. The van der Waals surface area contributed by atoms with Gasteiger partial charge >= 0.3 is 5.97 Å². The molecule has 0 fully saturated rings. The molecule has 0 unspecified atom stereocenters. The van der Waals surface area contributed by atoms with Crippen molar-refractivity contribution in [2.45, 2.75) is 34.6 Å². The van der Waals surface area contributed by atoms with E-state index >= 15 is 0 Å². The van der Waals surface area contributed by atoms with Crippen LogP contribution in [0.2, 0.25) is 0 Å². The first-order valence-electron chi connectivity index (χ1n) is 7.65. The van der Waals surface area contributed by atoms with Crippen LogP contribution in [0.4, 0.5) is 0 Å². The molecule has 2 rings (SSSR count). The molecule has 0 atom stereocenters. The molecule has 0 aliphatic carbocycles. The van der Waals surface area contributed by atoms with Gasteiger partial charge < -0.3 is 4.74 Å². The predicted octanol–water partition coefficient (Wildman–Crippen LogP) is 4.27. The van der Waals surface area contributed by atoms with Gasteiger partial charge in [0.05, 0.1) is 5.56 Å². The van der Waals surface area contributed by atoms with Crippen LogP contribution in [-0.4, -0.2) is 18.4 Å². The monoisotopic (exact) mass is 310 g/mol. The lowest BCUT2D eigenvalue weighted by Crippen LogP contribution is -2.16. The topological polar surface area (TPSA) is 43.4 Å². The van der Waals surface area contributed by atoms with Gasteiger partial charge in [0.15, 0.2) is 6.61 Å². The maximum atomic E-state index is 12.3. The summed E-state index contributed by atoms with van der Waals surface area (Å²) in [6, 6.07) is 9.36. The number of hydrogen-bond acceptors (Lipinski definition) is 3. The average molecular weight is 310 g/mol. The second-order valence-corrected chi connectivity index (χ2v) is 6.07. The van der Waals surface area contributed by atoms with Crippen molar-refractivity contribution in [3.05, 3.63) is 69.3 Å². The smallest absolute Gasteiger partial charge is 0.338 e. The number of Topliss-reactive ketones (excluding diaryl/α,β-unsaturated/α-hetero) is 1. The normalized spacial score (nSPS) is 10.5. The van der Waals surface area contributed by atoms with E-state index in [1.54, 1.807) is 6.07 Å². The van der Waals surface area contributed by atoms with Gasteiger partial charge in [-0.1, -0.05) is 23.8 Å².